The summed E-state index contributed by atoms with van der Waals surface area (Å²) in [5.41, 5.74) is -0.531. The van der Waals surface area contributed by atoms with Gasteiger partial charge in [-0.2, -0.15) is 0 Å². The lowest BCUT2D eigenvalue weighted by Crippen LogP contribution is -2.55. The van der Waals surface area contributed by atoms with Gasteiger partial charge in [-0.1, -0.05) is 0 Å². The van der Waals surface area contributed by atoms with Crippen molar-refractivity contribution in [2.45, 2.75) is 47.1 Å². The number of rotatable bonds is 8. The standard InChI is InChI=1S/C12H27NO5Si/c1-7-15-19(16-8-2,17-9-3)10-13-11(14)18-12(4,5)6/h7-10H2,1-6H3,(H,13,14). The second-order valence-electron chi connectivity index (χ2n) is 4.84. The monoisotopic (exact) mass is 293 g/mol. The predicted molar refractivity (Wildman–Crippen MR) is 74.9 cm³/mol. The van der Waals surface area contributed by atoms with E-state index in [1.165, 1.54) is 0 Å². The van der Waals surface area contributed by atoms with Gasteiger partial charge in [0.15, 0.2) is 0 Å². The summed E-state index contributed by atoms with van der Waals surface area (Å²) in [5, 5.41) is 2.66. The lowest BCUT2D eigenvalue weighted by Gasteiger charge is -2.29. The zero-order valence-electron chi connectivity index (χ0n) is 12.9. The van der Waals surface area contributed by atoms with Crippen molar-refractivity contribution in [3.8, 4) is 0 Å². The molecule has 6 nitrogen and oxygen atoms in total. The number of ether oxygens (including phenoxy) is 1. The molecule has 7 heteroatoms. The van der Waals surface area contributed by atoms with E-state index in [1.54, 1.807) is 0 Å². The summed E-state index contributed by atoms with van der Waals surface area (Å²) >= 11 is 0. The van der Waals surface area contributed by atoms with Gasteiger partial charge >= 0.3 is 14.9 Å². The normalized spacial score (nSPS) is 12.3. The van der Waals surface area contributed by atoms with Crippen LogP contribution in [0.4, 0.5) is 4.79 Å². The summed E-state index contributed by atoms with van der Waals surface area (Å²) in [7, 11) is -2.85. The van der Waals surface area contributed by atoms with E-state index in [9.17, 15) is 4.79 Å². The van der Waals surface area contributed by atoms with E-state index >= 15 is 0 Å². The van der Waals surface area contributed by atoms with Gasteiger partial charge in [-0.15, -0.1) is 0 Å². The van der Waals surface area contributed by atoms with Crippen LogP contribution in [0.2, 0.25) is 0 Å². The fraction of sp³-hybridized carbons (Fsp3) is 0.917. The van der Waals surface area contributed by atoms with Gasteiger partial charge in [0.1, 0.15) is 5.60 Å². The van der Waals surface area contributed by atoms with Gasteiger partial charge in [-0.05, 0) is 41.5 Å². The molecule has 1 N–H and O–H groups in total. The Morgan fingerprint density at radius 1 is 1.00 bits per heavy atom. The topological polar surface area (TPSA) is 66.0 Å². The van der Waals surface area contributed by atoms with E-state index < -0.39 is 20.5 Å². The van der Waals surface area contributed by atoms with E-state index in [0.717, 1.165) is 0 Å². The molecule has 1 amide bonds. The van der Waals surface area contributed by atoms with Crippen molar-refractivity contribution in [3.05, 3.63) is 0 Å². The Balaban J connectivity index is 4.50. The summed E-state index contributed by atoms with van der Waals surface area (Å²) in [6, 6.07) is 0. The molecule has 0 saturated carbocycles. The Morgan fingerprint density at radius 2 is 1.42 bits per heavy atom. The van der Waals surface area contributed by atoms with Crippen molar-refractivity contribution in [1.29, 1.82) is 0 Å². The summed E-state index contributed by atoms with van der Waals surface area (Å²) < 4.78 is 22.0. The van der Waals surface area contributed by atoms with Crippen LogP contribution in [0.5, 0.6) is 0 Å². The van der Waals surface area contributed by atoms with Crippen molar-refractivity contribution >= 4 is 14.9 Å². The molecule has 0 aromatic rings. The summed E-state index contributed by atoms with van der Waals surface area (Å²) in [6.45, 7) is 12.5. The SMILES string of the molecule is CCO[Si](CNC(=O)OC(C)(C)C)(OCC)OCC. The Kier molecular flexibility index (Phi) is 8.24. The van der Waals surface area contributed by atoms with E-state index in [2.05, 4.69) is 5.32 Å². The maximum absolute atomic E-state index is 11.6. The minimum atomic E-state index is -2.85. The zero-order chi connectivity index (χ0) is 14.9. The average Bonchev–Trinajstić information content (AvgIpc) is 2.25. The first-order valence-electron chi connectivity index (χ1n) is 6.67. The summed E-state index contributed by atoms with van der Waals surface area (Å²) in [6.07, 6.45) is -0.291. The molecular weight excluding hydrogens is 266 g/mol. The van der Waals surface area contributed by atoms with Crippen molar-refractivity contribution in [1.82, 2.24) is 5.32 Å². The second-order valence-corrected chi connectivity index (χ2v) is 7.42. The molecule has 0 aliphatic heterocycles. The smallest absolute Gasteiger partial charge is 0.444 e. The van der Waals surface area contributed by atoms with Gasteiger partial charge < -0.3 is 23.3 Å². The third kappa shape index (κ3) is 8.20. The molecule has 0 aromatic heterocycles. The number of hydrogen-bond acceptors (Lipinski definition) is 5. The van der Waals surface area contributed by atoms with Crippen LogP contribution in [-0.4, -0.2) is 46.5 Å². The fourth-order valence-corrected chi connectivity index (χ4v) is 3.67. The molecule has 19 heavy (non-hydrogen) atoms. The molecule has 0 aliphatic carbocycles. The quantitative estimate of drug-likeness (QED) is 0.694. The van der Waals surface area contributed by atoms with Crippen LogP contribution in [-0.2, 0) is 18.0 Å². The maximum atomic E-state index is 11.6. The first kappa shape index (κ1) is 18.4. The van der Waals surface area contributed by atoms with Crippen molar-refractivity contribution < 1.29 is 22.8 Å². The lowest BCUT2D eigenvalue weighted by atomic mass is 10.2. The largest absolute Gasteiger partial charge is 0.521 e. The molecule has 0 atom stereocenters. The Morgan fingerprint density at radius 3 is 1.74 bits per heavy atom. The first-order valence-corrected chi connectivity index (χ1v) is 8.60. The van der Waals surface area contributed by atoms with Crippen LogP contribution in [0.3, 0.4) is 0 Å². The molecule has 114 valence electrons. The Labute approximate surface area is 117 Å². The minimum absolute atomic E-state index is 0.206. The third-order valence-corrected chi connectivity index (χ3v) is 4.74. The molecule has 0 aromatic carbocycles. The van der Waals surface area contributed by atoms with Crippen LogP contribution in [0.25, 0.3) is 0 Å². The predicted octanol–water partition coefficient (Wildman–Crippen LogP) is 2.10. The van der Waals surface area contributed by atoms with Crippen LogP contribution in [0, 0.1) is 0 Å². The van der Waals surface area contributed by atoms with Gasteiger partial charge in [-0.25, -0.2) is 4.79 Å². The van der Waals surface area contributed by atoms with Crippen molar-refractivity contribution in [2.75, 3.05) is 26.0 Å². The summed E-state index contributed by atoms with van der Waals surface area (Å²) in [4.78, 5) is 11.6. The lowest BCUT2D eigenvalue weighted by molar-refractivity contribution is 0.0459. The molecule has 0 heterocycles. The van der Waals surface area contributed by atoms with Gasteiger partial charge in [0.25, 0.3) is 0 Å². The highest BCUT2D eigenvalue weighted by molar-refractivity contribution is 6.61. The van der Waals surface area contributed by atoms with E-state index in [0.29, 0.717) is 19.8 Å². The zero-order valence-corrected chi connectivity index (χ0v) is 13.9. The van der Waals surface area contributed by atoms with Gasteiger partial charge in [-0.3, -0.25) is 0 Å². The van der Waals surface area contributed by atoms with Crippen LogP contribution in [0.1, 0.15) is 41.5 Å². The second kappa shape index (κ2) is 8.52. The molecule has 0 bridgehead atoms. The maximum Gasteiger partial charge on any atom is 0.521 e. The molecule has 0 aliphatic rings. The highest BCUT2D eigenvalue weighted by Crippen LogP contribution is 2.10. The summed E-state index contributed by atoms with van der Waals surface area (Å²) in [5.74, 6) is 0. The molecule has 0 rings (SSSR count). The number of nitrogens with one attached hydrogen (secondary N) is 1. The number of carbonyl (C=O) groups is 1. The van der Waals surface area contributed by atoms with Crippen molar-refractivity contribution in [3.63, 3.8) is 0 Å². The number of carbonyl (C=O) groups excluding carboxylic acids is 1. The fourth-order valence-electron chi connectivity index (χ4n) is 1.43. The highest BCUT2D eigenvalue weighted by atomic mass is 28.4. The van der Waals surface area contributed by atoms with E-state index in [-0.39, 0.29) is 6.17 Å². The van der Waals surface area contributed by atoms with Crippen LogP contribution < -0.4 is 5.32 Å². The molecule has 0 spiro atoms. The van der Waals surface area contributed by atoms with Gasteiger partial charge in [0, 0.05) is 19.8 Å². The number of alkyl carbamates (subject to hydrolysis) is 1. The van der Waals surface area contributed by atoms with Crippen LogP contribution >= 0.6 is 0 Å². The Hall–Kier alpha value is -0.633. The molecule has 0 fully saturated rings. The van der Waals surface area contributed by atoms with E-state index in [1.807, 2.05) is 41.5 Å². The van der Waals surface area contributed by atoms with Gasteiger partial charge in [0.05, 0.1) is 6.17 Å². The first-order chi connectivity index (χ1) is 8.78. The highest BCUT2D eigenvalue weighted by Gasteiger charge is 2.41. The third-order valence-electron chi connectivity index (χ3n) is 1.94. The molecular formula is C12H27NO5Si. The Bertz CT molecular complexity index is 250. The van der Waals surface area contributed by atoms with E-state index in [4.69, 9.17) is 18.0 Å². The minimum Gasteiger partial charge on any atom is -0.444 e. The molecule has 0 unspecified atom stereocenters. The molecule has 0 radical (unpaired) electrons. The average molecular weight is 293 g/mol. The van der Waals surface area contributed by atoms with Crippen LogP contribution in [0.15, 0.2) is 0 Å². The molecule has 0 saturated heterocycles. The van der Waals surface area contributed by atoms with Crippen molar-refractivity contribution in [2.24, 2.45) is 0 Å². The number of hydrogen-bond donors (Lipinski definition) is 1. The number of amides is 1. The van der Waals surface area contributed by atoms with Gasteiger partial charge in [0.2, 0.25) is 0 Å².